The molecule has 0 bridgehead atoms. The molecule has 2 rings (SSSR count). The second-order valence-electron chi connectivity index (χ2n) is 3.43. The Balaban J connectivity index is 2.28. The molecule has 0 saturated heterocycles. The van der Waals surface area contributed by atoms with E-state index in [9.17, 15) is 4.39 Å². The summed E-state index contributed by atoms with van der Waals surface area (Å²) in [5.41, 5.74) is 1.04. The molecule has 0 aliphatic carbocycles. The van der Waals surface area contributed by atoms with Crippen molar-refractivity contribution in [3.8, 4) is 11.5 Å². The van der Waals surface area contributed by atoms with Crippen molar-refractivity contribution in [3.63, 3.8) is 0 Å². The van der Waals surface area contributed by atoms with Gasteiger partial charge in [-0.25, -0.2) is 4.39 Å². The van der Waals surface area contributed by atoms with E-state index in [-0.39, 0.29) is 5.75 Å². The first kappa shape index (κ1) is 12.4. The molecule has 0 aliphatic rings. The highest BCUT2D eigenvalue weighted by Crippen LogP contribution is 2.31. The average Bonchev–Trinajstić information content (AvgIpc) is 2.34. The van der Waals surface area contributed by atoms with Gasteiger partial charge >= 0.3 is 0 Å². The Kier molecular flexibility index (Phi) is 4.02. The maximum atomic E-state index is 13.4. The second kappa shape index (κ2) is 5.52. The van der Waals surface area contributed by atoms with E-state index in [1.54, 1.807) is 30.3 Å². The van der Waals surface area contributed by atoms with E-state index in [1.165, 1.54) is 6.07 Å². The summed E-state index contributed by atoms with van der Waals surface area (Å²) in [5, 5.41) is 1.18. The van der Waals surface area contributed by atoms with Crippen LogP contribution in [0.25, 0.3) is 0 Å². The molecular formula is C13H9BrClFO. The third kappa shape index (κ3) is 2.99. The Morgan fingerprint density at radius 1 is 1.12 bits per heavy atom. The monoisotopic (exact) mass is 314 g/mol. The van der Waals surface area contributed by atoms with Gasteiger partial charge in [-0.1, -0.05) is 45.7 Å². The van der Waals surface area contributed by atoms with Gasteiger partial charge in [-0.05, 0) is 29.8 Å². The van der Waals surface area contributed by atoms with Crippen molar-refractivity contribution in [2.24, 2.45) is 0 Å². The van der Waals surface area contributed by atoms with Crippen LogP contribution in [0.1, 0.15) is 5.56 Å². The van der Waals surface area contributed by atoms with Crippen molar-refractivity contribution in [2.45, 2.75) is 5.33 Å². The summed E-state index contributed by atoms with van der Waals surface area (Å²) in [6.45, 7) is 0. The molecule has 2 aromatic rings. The molecule has 0 unspecified atom stereocenters. The molecule has 0 spiro atoms. The molecule has 0 heterocycles. The number of benzene rings is 2. The van der Waals surface area contributed by atoms with Gasteiger partial charge in [-0.3, -0.25) is 0 Å². The van der Waals surface area contributed by atoms with Gasteiger partial charge in [-0.15, -0.1) is 0 Å². The van der Waals surface area contributed by atoms with Crippen LogP contribution in [0, 0.1) is 5.82 Å². The maximum absolute atomic E-state index is 13.4. The van der Waals surface area contributed by atoms with Crippen LogP contribution in [-0.2, 0) is 5.33 Å². The molecule has 0 radical (unpaired) electrons. The van der Waals surface area contributed by atoms with Gasteiger partial charge in [0.05, 0.1) is 5.02 Å². The summed E-state index contributed by atoms with van der Waals surface area (Å²) < 4.78 is 18.8. The molecule has 0 amide bonds. The van der Waals surface area contributed by atoms with Crippen LogP contribution in [-0.4, -0.2) is 0 Å². The van der Waals surface area contributed by atoms with E-state index < -0.39 is 5.82 Å². The van der Waals surface area contributed by atoms with E-state index in [4.69, 9.17) is 16.3 Å². The summed E-state index contributed by atoms with van der Waals surface area (Å²) in [4.78, 5) is 0. The zero-order valence-electron chi connectivity index (χ0n) is 8.79. The first-order valence-corrected chi connectivity index (χ1v) is 6.47. The van der Waals surface area contributed by atoms with Crippen molar-refractivity contribution in [2.75, 3.05) is 0 Å². The third-order valence-corrected chi connectivity index (χ3v) is 3.15. The Morgan fingerprint density at radius 2 is 1.88 bits per heavy atom. The first-order chi connectivity index (χ1) is 8.20. The molecule has 0 atom stereocenters. The predicted molar refractivity (Wildman–Crippen MR) is 70.6 cm³/mol. The van der Waals surface area contributed by atoms with Gasteiger partial charge in [0.15, 0.2) is 11.6 Å². The quantitative estimate of drug-likeness (QED) is 0.710. The number of ether oxygens (including phenoxy) is 1. The highest BCUT2D eigenvalue weighted by atomic mass is 79.9. The zero-order valence-corrected chi connectivity index (χ0v) is 11.1. The predicted octanol–water partition coefficient (Wildman–Crippen LogP) is 5.17. The molecular weight excluding hydrogens is 306 g/mol. The molecule has 0 aliphatic heterocycles. The Morgan fingerprint density at radius 3 is 2.53 bits per heavy atom. The molecule has 4 heteroatoms. The zero-order chi connectivity index (χ0) is 12.3. The Bertz CT molecular complexity index is 531. The molecule has 0 fully saturated rings. The van der Waals surface area contributed by atoms with E-state index in [1.807, 2.05) is 6.07 Å². The van der Waals surface area contributed by atoms with Crippen LogP contribution in [0.3, 0.4) is 0 Å². The van der Waals surface area contributed by atoms with Crippen molar-refractivity contribution < 1.29 is 9.13 Å². The van der Waals surface area contributed by atoms with Gasteiger partial charge in [0.1, 0.15) is 5.75 Å². The first-order valence-electron chi connectivity index (χ1n) is 4.97. The fourth-order valence-electron chi connectivity index (χ4n) is 1.36. The number of hydrogen-bond donors (Lipinski definition) is 0. The highest BCUT2D eigenvalue weighted by Gasteiger charge is 2.07. The normalized spacial score (nSPS) is 10.3. The standard InChI is InChI=1S/C13H9BrClFO/c14-8-9-5-6-12(10(15)7-9)17-13-4-2-1-3-11(13)16/h1-7H,8H2. The maximum Gasteiger partial charge on any atom is 0.165 e. The summed E-state index contributed by atoms with van der Waals surface area (Å²) >= 11 is 9.38. The summed E-state index contributed by atoms with van der Waals surface area (Å²) in [6, 6.07) is 11.6. The number of hydrogen-bond acceptors (Lipinski definition) is 1. The lowest BCUT2D eigenvalue weighted by Crippen LogP contribution is -1.89. The number of rotatable bonds is 3. The molecule has 2 aromatic carbocycles. The number of alkyl halides is 1. The van der Waals surface area contributed by atoms with E-state index in [0.29, 0.717) is 16.1 Å². The third-order valence-electron chi connectivity index (χ3n) is 2.21. The van der Waals surface area contributed by atoms with Crippen molar-refractivity contribution in [3.05, 3.63) is 58.9 Å². The van der Waals surface area contributed by atoms with Gasteiger partial charge in [-0.2, -0.15) is 0 Å². The minimum atomic E-state index is -0.409. The molecule has 0 saturated carbocycles. The van der Waals surface area contributed by atoms with Gasteiger partial charge in [0.25, 0.3) is 0 Å². The van der Waals surface area contributed by atoms with Gasteiger partial charge in [0, 0.05) is 5.33 Å². The smallest absolute Gasteiger partial charge is 0.165 e. The fourth-order valence-corrected chi connectivity index (χ4v) is 1.95. The Labute approximate surface area is 112 Å². The van der Waals surface area contributed by atoms with Crippen LogP contribution in [0.2, 0.25) is 5.02 Å². The van der Waals surface area contributed by atoms with Crippen LogP contribution in [0.15, 0.2) is 42.5 Å². The van der Waals surface area contributed by atoms with Crippen LogP contribution in [0.5, 0.6) is 11.5 Å². The highest BCUT2D eigenvalue weighted by molar-refractivity contribution is 9.08. The number of para-hydroxylation sites is 1. The van der Waals surface area contributed by atoms with Crippen LogP contribution in [0.4, 0.5) is 4.39 Å². The van der Waals surface area contributed by atoms with Gasteiger partial charge in [0.2, 0.25) is 0 Å². The minimum absolute atomic E-state index is 0.168. The summed E-state index contributed by atoms with van der Waals surface area (Å²) in [6.07, 6.45) is 0. The molecule has 1 nitrogen and oxygen atoms in total. The topological polar surface area (TPSA) is 9.23 Å². The fraction of sp³-hybridized carbons (Fsp3) is 0.0769. The molecule has 88 valence electrons. The molecule has 0 N–H and O–H groups in total. The summed E-state index contributed by atoms with van der Waals surface area (Å²) in [5.74, 6) is 0.204. The van der Waals surface area contributed by atoms with Crippen molar-refractivity contribution in [1.29, 1.82) is 0 Å². The van der Waals surface area contributed by atoms with Crippen LogP contribution >= 0.6 is 27.5 Å². The van der Waals surface area contributed by atoms with Crippen molar-refractivity contribution in [1.82, 2.24) is 0 Å². The minimum Gasteiger partial charge on any atom is -0.453 e. The van der Waals surface area contributed by atoms with Crippen molar-refractivity contribution >= 4 is 27.5 Å². The van der Waals surface area contributed by atoms with Gasteiger partial charge < -0.3 is 4.74 Å². The van der Waals surface area contributed by atoms with E-state index >= 15 is 0 Å². The molecule has 0 aromatic heterocycles. The lowest BCUT2D eigenvalue weighted by molar-refractivity contribution is 0.442. The lowest BCUT2D eigenvalue weighted by Gasteiger charge is -2.09. The van der Waals surface area contributed by atoms with Crippen LogP contribution < -0.4 is 4.74 Å². The van der Waals surface area contributed by atoms with E-state index in [0.717, 1.165) is 5.56 Å². The lowest BCUT2D eigenvalue weighted by atomic mass is 10.2. The Hall–Kier alpha value is -1.06. The average molecular weight is 316 g/mol. The largest absolute Gasteiger partial charge is 0.453 e. The number of halogens is 3. The molecule has 17 heavy (non-hydrogen) atoms. The summed E-state index contributed by atoms with van der Waals surface area (Å²) in [7, 11) is 0. The second-order valence-corrected chi connectivity index (χ2v) is 4.40. The van der Waals surface area contributed by atoms with E-state index in [2.05, 4.69) is 15.9 Å². The SMILES string of the molecule is Fc1ccccc1Oc1ccc(CBr)cc1Cl.